The first kappa shape index (κ1) is 21.6. The molecule has 4 heteroatoms. The number of fused-ring (bicyclic) bond motifs is 1. The van der Waals surface area contributed by atoms with Gasteiger partial charge in [-0.3, -0.25) is 0 Å². The van der Waals surface area contributed by atoms with E-state index in [9.17, 15) is 0 Å². The summed E-state index contributed by atoms with van der Waals surface area (Å²) in [7, 11) is 1.66. The van der Waals surface area contributed by atoms with Crippen LogP contribution in [0.2, 0.25) is 0 Å². The molecule has 4 aromatic rings. The summed E-state index contributed by atoms with van der Waals surface area (Å²) in [5.41, 5.74) is 5.92. The maximum Gasteiger partial charge on any atom is 0.240 e. The van der Waals surface area contributed by atoms with E-state index in [0.717, 1.165) is 27.9 Å². The Morgan fingerprint density at radius 1 is 0.781 bits per heavy atom. The molecule has 162 valence electrons. The molecule has 1 aromatic heterocycles. The summed E-state index contributed by atoms with van der Waals surface area (Å²) in [6.07, 6.45) is 3.95. The highest BCUT2D eigenvalue weighted by Crippen LogP contribution is 2.25. The van der Waals surface area contributed by atoms with Crippen LogP contribution in [0, 0.1) is 0 Å². The molecule has 0 aliphatic rings. The molecule has 0 N–H and O–H groups in total. The third-order valence-corrected chi connectivity index (χ3v) is 5.31. The van der Waals surface area contributed by atoms with E-state index in [-0.39, 0.29) is 5.41 Å². The number of ether oxygens (including phenoxy) is 2. The van der Waals surface area contributed by atoms with E-state index in [1.807, 2.05) is 60.7 Å². The molecule has 0 atom stereocenters. The van der Waals surface area contributed by atoms with E-state index in [0.29, 0.717) is 18.2 Å². The number of rotatable bonds is 6. The fraction of sp³-hybridized carbons (Fsp3) is 0.214. The Labute approximate surface area is 189 Å². The van der Waals surface area contributed by atoms with Crippen molar-refractivity contribution < 1.29 is 9.47 Å². The molecule has 0 radical (unpaired) electrons. The number of benzene rings is 3. The van der Waals surface area contributed by atoms with Crippen molar-refractivity contribution in [3.05, 3.63) is 95.2 Å². The number of aromatic nitrogens is 2. The molecule has 0 bridgehead atoms. The second kappa shape index (κ2) is 9.23. The summed E-state index contributed by atoms with van der Waals surface area (Å²) in [6.45, 7) is 7.07. The van der Waals surface area contributed by atoms with E-state index in [4.69, 9.17) is 19.4 Å². The Balaban J connectivity index is 1.59. The summed E-state index contributed by atoms with van der Waals surface area (Å²) in [4.78, 5) is 9.51. The van der Waals surface area contributed by atoms with Crippen molar-refractivity contribution >= 4 is 23.2 Å². The van der Waals surface area contributed by atoms with Crippen molar-refractivity contribution in [2.24, 2.45) is 0 Å². The lowest BCUT2D eigenvalue weighted by Gasteiger charge is -2.19. The smallest absolute Gasteiger partial charge is 0.240 e. The van der Waals surface area contributed by atoms with Crippen molar-refractivity contribution in [3.63, 3.8) is 0 Å². The summed E-state index contributed by atoms with van der Waals surface area (Å²) in [5, 5.41) is 0. The van der Waals surface area contributed by atoms with Crippen LogP contribution in [0.5, 0.6) is 11.6 Å². The maximum atomic E-state index is 6.14. The minimum absolute atomic E-state index is 0.128. The third kappa shape index (κ3) is 5.14. The van der Waals surface area contributed by atoms with Crippen molar-refractivity contribution in [2.45, 2.75) is 32.8 Å². The summed E-state index contributed by atoms with van der Waals surface area (Å²) >= 11 is 0. The first-order valence-corrected chi connectivity index (χ1v) is 10.7. The Hall–Kier alpha value is -3.66. The van der Waals surface area contributed by atoms with Gasteiger partial charge in [-0.05, 0) is 52.4 Å². The highest BCUT2D eigenvalue weighted by atomic mass is 16.5. The summed E-state index contributed by atoms with van der Waals surface area (Å²) in [5.74, 6) is 1.35. The lowest BCUT2D eigenvalue weighted by Crippen LogP contribution is -2.11. The third-order valence-electron chi connectivity index (χ3n) is 5.31. The molecule has 4 rings (SSSR count). The molecular weight excluding hydrogens is 396 g/mol. The van der Waals surface area contributed by atoms with Crippen LogP contribution in [0.4, 0.5) is 0 Å². The van der Waals surface area contributed by atoms with Gasteiger partial charge in [0.15, 0.2) is 0 Å². The van der Waals surface area contributed by atoms with Gasteiger partial charge in [-0.15, -0.1) is 0 Å². The standard InChI is InChI=1S/C28H28N2O2/c1-28(2,3)22-14-9-21(10-15-22)19-32-27-26(29-24-7-5-6-8-25(24)30-27)18-13-20-11-16-23(31-4)17-12-20/h5-18H,19H2,1-4H3. The van der Waals surface area contributed by atoms with E-state index in [1.54, 1.807) is 7.11 Å². The van der Waals surface area contributed by atoms with Crippen molar-refractivity contribution in [1.29, 1.82) is 0 Å². The molecule has 1 heterocycles. The molecule has 0 unspecified atom stereocenters. The minimum Gasteiger partial charge on any atom is -0.497 e. The number of hydrogen-bond acceptors (Lipinski definition) is 4. The molecule has 0 aliphatic carbocycles. The van der Waals surface area contributed by atoms with Gasteiger partial charge in [-0.2, -0.15) is 0 Å². The van der Waals surface area contributed by atoms with Crippen LogP contribution in [0.1, 0.15) is 43.2 Å². The summed E-state index contributed by atoms with van der Waals surface area (Å²) in [6, 6.07) is 24.3. The number of nitrogens with zero attached hydrogens (tertiary/aromatic N) is 2. The number of methoxy groups -OCH3 is 1. The molecule has 0 spiro atoms. The average Bonchev–Trinajstić information content (AvgIpc) is 2.81. The van der Waals surface area contributed by atoms with Gasteiger partial charge in [0.2, 0.25) is 5.88 Å². The fourth-order valence-corrected chi connectivity index (χ4v) is 3.36. The molecular formula is C28H28N2O2. The zero-order chi connectivity index (χ0) is 22.6. The van der Waals surface area contributed by atoms with Crippen molar-refractivity contribution in [2.75, 3.05) is 7.11 Å². The lowest BCUT2D eigenvalue weighted by molar-refractivity contribution is 0.293. The first-order valence-electron chi connectivity index (χ1n) is 10.7. The highest BCUT2D eigenvalue weighted by Gasteiger charge is 2.13. The zero-order valence-electron chi connectivity index (χ0n) is 19.0. The van der Waals surface area contributed by atoms with Gasteiger partial charge in [0.25, 0.3) is 0 Å². The Kier molecular flexibility index (Phi) is 6.22. The summed E-state index contributed by atoms with van der Waals surface area (Å²) < 4.78 is 11.4. The Bertz CT molecular complexity index is 1220. The van der Waals surface area contributed by atoms with Crippen molar-refractivity contribution in [1.82, 2.24) is 9.97 Å². The Morgan fingerprint density at radius 2 is 1.44 bits per heavy atom. The van der Waals surface area contributed by atoms with Crippen LogP contribution in [0.25, 0.3) is 23.2 Å². The second-order valence-electron chi connectivity index (χ2n) is 8.74. The van der Waals surface area contributed by atoms with Gasteiger partial charge in [0.1, 0.15) is 18.1 Å². The normalized spacial score (nSPS) is 11.8. The topological polar surface area (TPSA) is 44.2 Å². The van der Waals surface area contributed by atoms with E-state index >= 15 is 0 Å². The lowest BCUT2D eigenvalue weighted by atomic mass is 9.87. The first-order chi connectivity index (χ1) is 15.4. The molecule has 32 heavy (non-hydrogen) atoms. The molecule has 0 saturated carbocycles. The highest BCUT2D eigenvalue weighted by molar-refractivity contribution is 5.79. The van der Waals surface area contributed by atoms with Crippen LogP contribution in [-0.4, -0.2) is 17.1 Å². The van der Waals surface area contributed by atoms with Crippen LogP contribution in [-0.2, 0) is 12.0 Å². The molecule has 0 saturated heterocycles. The minimum atomic E-state index is 0.128. The van der Waals surface area contributed by atoms with Crippen LogP contribution in [0.3, 0.4) is 0 Å². The SMILES string of the molecule is COc1ccc(C=Cc2nc3ccccc3nc2OCc2ccc(C(C)(C)C)cc2)cc1. The van der Waals surface area contributed by atoms with Crippen LogP contribution in [0.15, 0.2) is 72.8 Å². The fourth-order valence-electron chi connectivity index (χ4n) is 3.36. The monoisotopic (exact) mass is 424 g/mol. The second-order valence-corrected chi connectivity index (χ2v) is 8.74. The van der Waals surface area contributed by atoms with E-state index in [2.05, 4.69) is 45.0 Å². The quantitative estimate of drug-likeness (QED) is 0.346. The van der Waals surface area contributed by atoms with E-state index in [1.165, 1.54) is 5.56 Å². The molecule has 0 fully saturated rings. The largest absolute Gasteiger partial charge is 0.497 e. The van der Waals surface area contributed by atoms with Gasteiger partial charge < -0.3 is 9.47 Å². The van der Waals surface area contributed by atoms with Crippen LogP contribution >= 0.6 is 0 Å². The van der Waals surface area contributed by atoms with Crippen LogP contribution < -0.4 is 9.47 Å². The average molecular weight is 425 g/mol. The predicted octanol–water partition coefficient (Wildman–Crippen LogP) is 6.69. The predicted molar refractivity (Wildman–Crippen MR) is 131 cm³/mol. The van der Waals surface area contributed by atoms with Crippen molar-refractivity contribution in [3.8, 4) is 11.6 Å². The molecule has 3 aromatic carbocycles. The molecule has 0 amide bonds. The Morgan fingerprint density at radius 3 is 2.06 bits per heavy atom. The number of para-hydroxylation sites is 2. The van der Waals surface area contributed by atoms with E-state index < -0.39 is 0 Å². The maximum absolute atomic E-state index is 6.14. The number of hydrogen-bond donors (Lipinski definition) is 0. The molecule has 0 aliphatic heterocycles. The molecule has 4 nitrogen and oxygen atoms in total. The van der Waals surface area contributed by atoms with Gasteiger partial charge in [-0.25, -0.2) is 9.97 Å². The van der Waals surface area contributed by atoms with Gasteiger partial charge in [-0.1, -0.05) is 75.4 Å². The zero-order valence-corrected chi connectivity index (χ0v) is 19.0. The van der Waals surface area contributed by atoms with Gasteiger partial charge >= 0.3 is 0 Å². The van der Waals surface area contributed by atoms with Gasteiger partial charge in [0.05, 0.1) is 18.1 Å². The van der Waals surface area contributed by atoms with Gasteiger partial charge in [0, 0.05) is 0 Å².